The second-order valence-corrected chi connectivity index (χ2v) is 10.9. The Balaban J connectivity index is 0.875. The second-order valence-electron chi connectivity index (χ2n) is 10.9. The van der Waals surface area contributed by atoms with Crippen LogP contribution in [0.2, 0.25) is 0 Å². The molecule has 0 fully saturated rings. The molecule has 0 saturated carbocycles. The lowest BCUT2D eigenvalue weighted by Gasteiger charge is -2.25. The molecule has 0 N–H and O–H groups in total. The van der Waals surface area contributed by atoms with Gasteiger partial charge in [0.25, 0.3) is 0 Å². The van der Waals surface area contributed by atoms with Crippen LogP contribution in [0.15, 0.2) is 170 Å². The molecule has 6 aromatic carbocycles. The summed E-state index contributed by atoms with van der Waals surface area (Å²) >= 11 is 0. The monoisotopic (exact) mass is 636 g/mol. The Morgan fingerprint density at radius 1 is 0.271 bits per heavy atom. The lowest BCUT2D eigenvalue weighted by atomic mass is 10.2. The zero-order valence-electron chi connectivity index (χ0n) is 26.9. The zero-order valence-corrected chi connectivity index (χ0v) is 26.9. The molecule has 48 heavy (non-hydrogen) atoms. The van der Waals surface area contributed by atoms with E-state index >= 15 is 0 Å². The second kappa shape index (κ2) is 17.4. The number of hydrogen-bond donors (Lipinski definition) is 0. The fourth-order valence-corrected chi connectivity index (χ4v) is 5.34. The van der Waals surface area contributed by atoms with Crippen molar-refractivity contribution in [3.63, 3.8) is 0 Å². The van der Waals surface area contributed by atoms with Crippen molar-refractivity contribution >= 4 is 34.1 Å². The summed E-state index contributed by atoms with van der Waals surface area (Å²) < 4.78 is 23.2. The number of ether oxygens (including phenoxy) is 4. The van der Waals surface area contributed by atoms with Gasteiger partial charge in [0.2, 0.25) is 0 Å². The van der Waals surface area contributed by atoms with Gasteiger partial charge in [-0.05, 0) is 97.1 Å². The van der Waals surface area contributed by atoms with E-state index in [4.69, 9.17) is 18.9 Å². The Labute approximate surface area is 283 Å². The molecule has 0 radical (unpaired) electrons. The topological polar surface area (TPSA) is 43.4 Å². The lowest BCUT2D eigenvalue weighted by molar-refractivity contribution is 0.0273. The third-order valence-corrected chi connectivity index (χ3v) is 7.61. The molecule has 0 aliphatic carbocycles. The van der Waals surface area contributed by atoms with Crippen molar-refractivity contribution in [2.75, 3.05) is 49.4 Å². The van der Waals surface area contributed by atoms with Crippen LogP contribution < -0.4 is 19.3 Å². The first-order chi connectivity index (χ1) is 23.8. The highest BCUT2D eigenvalue weighted by molar-refractivity contribution is 5.77. The summed E-state index contributed by atoms with van der Waals surface area (Å²) in [6.45, 7) is 2.88. The van der Waals surface area contributed by atoms with Crippen molar-refractivity contribution in [2.45, 2.75) is 0 Å². The molecule has 6 nitrogen and oxygen atoms in total. The normalized spacial score (nSPS) is 10.8. The standard InChI is InChI=1S/C42H40N2O4/c1-5-13-35(14-6-1)43(36-15-7-2-8-16-36)39-21-25-41(26-22-39)47-33-31-45-29-30-46-32-34-48-42-27-23-40(24-28-42)44(37-17-9-3-10-18-37)38-19-11-4-12-20-38/h1-28H,29-34H2. The largest absolute Gasteiger partial charge is 0.491 e. The Morgan fingerprint density at radius 2 is 0.521 bits per heavy atom. The van der Waals surface area contributed by atoms with Gasteiger partial charge < -0.3 is 28.7 Å². The summed E-state index contributed by atoms with van der Waals surface area (Å²) in [5, 5.41) is 0. The van der Waals surface area contributed by atoms with Crippen molar-refractivity contribution in [1.29, 1.82) is 0 Å². The van der Waals surface area contributed by atoms with Crippen molar-refractivity contribution in [2.24, 2.45) is 0 Å². The van der Waals surface area contributed by atoms with Crippen molar-refractivity contribution in [3.05, 3.63) is 170 Å². The van der Waals surface area contributed by atoms with Crippen LogP contribution in [0.3, 0.4) is 0 Å². The first-order valence-corrected chi connectivity index (χ1v) is 16.3. The summed E-state index contributed by atoms with van der Waals surface area (Å²) in [5.74, 6) is 1.61. The fraction of sp³-hybridized carbons (Fsp3) is 0.143. The third kappa shape index (κ3) is 9.04. The van der Waals surface area contributed by atoms with E-state index in [0.29, 0.717) is 39.6 Å². The van der Waals surface area contributed by atoms with E-state index < -0.39 is 0 Å². The summed E-state index contributed by atoms with van der Waals surface area (Å²) in [4.78, 5) is 4.44. The molecule has 0 spiro atoms. The van der Waals surface area contributed by atoms with Gasteiger partial charge in [-0.1, -0.05) is 72.8 Å². The van der Waals surface area contributed by atoms with Crippen LogP contribution in [0, 0.1) is 0 Å². The van der Waals surface area contributed by atoms with E-state index in [2.05, 4.69) is 82.6 Å². The molecule has 0 saturated heterocycles. The van der Waals surface area contributed by atoms with E-state index in [-0.39, 0.29) is 0 Å². The van der Waals surface area contributed by atoms with Gasteiger partial charge in [-0.15, -0.1) is 0 Å². The quantitative estimate of drug-likeness (QED) is 0.0929. The van der Waals surface area contributed by atoms with Crippen molar-refractivity contribution < 1.29 is 18.9 Å². The molecule has 6 heteroatoms. The number of rotatable bonds is 17. The van der Waals surface area contributed by atoms with Gasteiger partial charge >= 0.3 is 0 Å². The van der Waals surface area contributed by atoms with Gasteiger partial charge in [0.05, 0.1) is 26.4 Å². The average molecular weight is 637 g/mol. The van der Waals surface area contributed by atoms with Crippen molar-refractivity contribution in [3.8, 4) is 11.5 Å². The van der Waals surface area contributed by atoms with Gasteiger partial charge in [-0.3, -0.25) is 0 Å². The molecule has 0 unspecified atom stereocenters. The van der Waals surface area contributed by atoms with Crippen LogP contribution in [-0.4, -0.2) is 39.6 Å². The van der Waals surface area contributed by atoms with E-state index in [1.54, 1.807) is 0 Å². The van der Waals surface area contributed by atoms with Gasteiger partial charge in [0.15, 0.2) is 0 Å². The van der Waals surface area contributed by atoms with Crippen LogP contribution in [0.4, 0.5) is 34.1 Å². The highest BCUT2D eigenvalue weighted by atomic mass is 16.6. The molecule has 0 atom stereocenters. The van der Waals surface area contributed by atoms with E-state index in [1.807, 2.05) is 97.1 Å². The summed E-state index contributed by atoms with van der Waals surface area (Å²) in [6.07, 6.45) is 0. The van der Waals surface area contributed by atoms with Crippen LogP contribution in [0.1, 0.15) is 0 Å². The van der Waals surface area contributed by atoms with Gasteiger partial charge in [0, 0.05) is 34.1 Å². The lowest BCUT2D eigenvalue weighted by Crippen LogP contribution is -2.13. The molecular weight excluding hydrogens is 596 g/mol. The summed E-state index contributed by atoms with van der Waals surface area (Å²) in [7, 11) is 0. The third-order valence-electron chi connectivity index (χ3n) is 7.61. The minimum Gasteiger partial charge on any atom is -0.491 e. The number of nitrogens with zero attached hydrogens (tertiary/aromatic N) is 2. The van der Waals surface area contributed by atoms with Crippen LogP contribution in [0.5, 0.6) is 11.5 Å². The van der Waals surface area contributed by atoms with Crippen LogP contribution >= 0.6 is 0 Å². The predicted molar refractivity (Wildman–Crippen MR) is 195 cm³/mol. The van der Waals surface area contributed by atoms with Gasteiger partial charge in [-0.2, -0.15) is 0 Å². The molecule has 242 valence electrons. The molecule has 0 bridgehead atoms. The predicted octanol–water partition coefficient (Wildman–Crippen LogP) is 10.1. The SMILES string of the molecule is c1ccc(N(c2ccccc2)c2ccc(OCCOCCOCCOc3ccc(N(c4ccccc4)c4ccccc4)cc3)cc2)cc1. The highest BCUT2D eigenvalue weighted by Gasteiger charge is 2.13. The molecule has 0 aliphatic heterocycles. The van der Waals surface area contributed by atoms with E-state index in [9.17, 15) is 0 Å². The van der Waals surface area contributed by atoms with Crippen LogP contribution in [-0.2, 0) is 9.47 Å². The highest BCUT2D eigenvalue weighted by Crippen LogP contribution is 2.36. The maximum Gasteiger partial charge on any atom is 0.119 e. The van der Waals surface area contributed by atoms with E-state index in [0.717, 1.165) is 45.6 Å². The number of hydrogen-bond acceptors (Lipinski definition) is 6. The van der Waals surface area contributed by atoms with Gasteiger partial charge in [0.1, 0.15) is 24.7 Å². The minimum absolute atomic E-state index is 0.464. The Kier molecular flexibility index (Phi) is 11.7. The fourth-order valence-electron chi connectivity index (χ4n) is 5.34. The number of para-hydroxylation sites is 4. The summed E-state index contributed by atoms with van der Waals surface area (Å²) in [6, 6.07) is 57.6. The summed E-state index contributed by atoms with van der Waals surface area (Å²) in [5.41, 5.74) is 6.53. The van der Waals surface area contributed by atoms with Crippen molar-refractivity contribution in [1.82, 2.24) is 0 Å². The molecule has 0 heterocycles. The maximum atomic E-state index is 5.91. The van der Waals surface area contributed by atoms with E-state index in [1.165, 1.54) is 0 Å². The minimum atomic E-state index is 0.464. The Bertz CT molecular complexity index is 1540. The smallest absolute Gasteiger partial charge is 0.119 e. The number of benzene rings is 6. The average Bonchev–Trinajstić information content (AvgIpc) is 3.16. The first kappa shape index (κ1) is 32.4. The molecule has 6 rings (SSSR count). The van der Waals surface area contributed by atoms with Crippen LogP contribution in [0.25, 0.3) is 0 Å². The van der Waals surface area contributed by atoms with Gasteiger partial charge in [-0.25, -0.2) is 0 Å². The molecule has 0 aromatic heterocycles. The Morgan fingerprint density at radius 3 is 0.812 bits per heavy atom. The molecule has 0 amide bonds. The first-order valence-electron chi connectivity index (χ1n) is 16.3. The molecule has 6 aromatic rings. The molecule has 0 aliphatic rings. The zero-order chi connectivity index (χ0) is 32.6. The number of anilines is 6. The maximum absolute atomic E-state index is 5.91. The Hall–Kier alpha value is -5.56. The molecular formula is C42H40N2O4.